The van der Waals surface area contributed by atoms with Crippen LogP contribution in [0.25, 0.3) is 5.82 Å². The van der Waals surface area contributed by atoms with Gasteiger partial charge in [0, 0.05) is 44.3 Å². The summed E-state index contributed by atoms with van der Waals surface area (Å²) in [7, 11) is 0. The summed E-state index contributed by atoms with van der Waals surface area (Å²) in [5, 5.41) is 11.0. The zero-order chi connectivity index (χ0) is 20.5. The van der Waals surface area contributed by atoms with Gasteiger partial charge in [-0.1, -0.05) is 0 Å². The molecule has 2 N–H and O–H groups in total. The normalized spacial score (nSPS) is 15.2. The molecule has 2 aromatic heterocycles. The molecule has 0 atom stereocenters. The van der Waals surface area contributed by atoms with Gasteiger partial charge in [-0.2, -0.15) is 5.10 Å². The summed E-state index contributed by atoms with van der Waals surface area (Å²) >= 11 is 0. The third-order valence-electron chi connectivity index (χ3n) is 4.67. The van der Waals surface area contributed by atoms with E-state index in [1.165, 1.54) is 0 Å². The van der Waals surface area contributed by atoms with Gasteiger partial charge in [-0.15, -0.1) is 0 Å². The number of nitrogens with zero attached hydrogens (tertiary/aromatic N) is 5. The van der Waals surface area contributed by atoms with Crippen molar-refractivity contribution in [1.82, 2.24) is 30.3 Å². The number of hydrogen-bond acceptors (Lipinski definition) is 5. The highest BCUT2D eigenvalue weighted by atomic mass is 16.6. The maximum absolute atomic E-state index is 11.8. The third kappa shape index (κ3) is 5.94. The average molecular weight is 399 g/mol. The smallest absolute Gasteiger partial charge is 0.409 e. The van der Waals surface area contributed by atoms with Crippen LogP contribution in [0.1, 0.15) is 32.3 Å². The fourth-order valence-electron chi connectivity index (χ4n) is 3.19. The molecule has 156 valence electrons. The van der Waals surface area contributed by atoms with Gasteiger partial charge in [0.15, 0.2) is 11.8 Å². The van der Waals surface area contributed by atoms with Crippen LogP contribution in [0.15, 0.2) is 41.8 Å². The van der Waals surface area contributed by atoms with E-state index in [0.29, 0.717) is 26.2 Å². The van der Waals surface area contributed by atoms with Gasteiger partial charge in [-0.25, -0.2) is 19.5 Å². The van der Waals surface area contributed by atoms with Crippen LogP contribution in [-0.4, -0.2) is 64.0 Å². The van der Waals surface area contributed by atoms with Crippen LogP contribution in [0.2, 0.25) is 0 Å². The molecule has 0 saturated carbocycles. The van der Waals surface area contributed by atoms with E-state index in [2.05, 4.69) is 20.7 Å². The Morgan fingerprint density at radius 3 is 2.83 bits per heavy atom. The fourth-order valence-corrected chi connectivity index (χ4v) is 3.19. The number of aliphatic imine (C=N–C) groups is 1. The summed E-state index contributed by atoms with van der Waals surface area (Å²) in [5.74, 6) is 1.55. The van der Waals surface area contributed by atoms with Gasteiger partial charge in [-0.05, 0) is 50.5 Å². The second kappa shape index (κ2) is 10.4. The molecule has 1 amide bonds. The predicted molar refractivity (Wildman–Crippen MR) is 111 cm³/mol. The van der Waals surface area contributed by atoms with Crippen molar-refractivity contribution in [3.63, 3.8) is 0 Å². The minimum Gasteiger partial charge on any atom is -0.450 e. The zero-order valence-corrected chi connectivity index (χ0v) is 17.0. The van der Waals surface area contributed by atoms with Gasteiger partial charge in [0.05, 0.1) is 13.2 Å². The first kappa shape index (κ1) is 20.6. The molecule has 3 rings (SSSR count). The lowest BCUT2D eigenvalue weighted by Crippen LogP contribution is -2.49. The van der Waals surface area contributed by atoms with Crippen LogP contribution in [0.3, 0.4) is 0 Å². The fraction of sp³-hybridized carbons (Fsp3) is 0.500. The maximum Gasteiger partial charge on any atom is 0.409 e. The van der Waals surface area contributed by atoms with Crippen LogP contribution in [0.5, 0.6) is 0 Å². The minimum absolute atomic E-state index is 0.225. The van der Waals surface area contributed by atoms with E-state index >= 15 is 0 Å². The number of piperidine rings is 1. The summed E-state index contributed by atoms with van der Waals surface area (Å²) in [6.07, 6.45) is 6.87. The van der Waals surface area contributed by atoms with E-state index in [4.69, 9.17) is 9.73 Å². The molecule has 3 heterocycles. The molecule has 1 aliphatic rings. The first-order valence-electron chi connectivity index (χ1n) is 10.1. The number of hydrogen-bond donors (Lipinski definition) is 2. The first-order valence-corrected chi connectivity index (χ1v) is 10.1. The SMILES string of the molecule is CCNC(=NCc1ccnc(-n2cccn2)c1)NC1CCN(C(=O)OCC)CC1. The monoisotopic (exact) mass is 399 g/mol. The number of aromatic nitrogens is 3. The molecule has 2 aromatic rings. The lowest BCUT2D eigenvalue weighted by molar-refractivity contribution is 0.0963. The highest BCUT2D eigenvalue weighted by Crippen LogP contribution is 2.12. The predicted octanol–water partition coefficient (Wildman–Crippen LogP) is 1.94. The molecule has 1 aliphatic heterocycles. The van der Waals surface area contributed by atoms with Crippen molar-refractivity contribution in [2.24, 2.45) is 4.99 Å². The second-order valence-electron chi connectivity index (χ2n) is 6.77. The van der Waals surface area contributed by atoms with E-state index in [1.807, 2.05) is 38.2 Å². The van der Waals surface area contributed by atoms with Crippen LogP contribution in [0.4, 0.5) is 4.79 Å². The number of nitrogens with one attached hydrogen (secondary N) is 2. The van der Waals surface area contributed by atoms with Gasteiger partial charge < -0.3 is 20.3 Å². The van der Waals surface area contributed by atoms with Gasteiger partial charge >= 0.3 is 6.09 Å². The van der Waals surface area contributed by atoms with Crippen LogP contribution in [0, 0.1) is 0 Å². The molecule has 9 nitrogen and oxygen atoms in total. The number of pyridine rings is 1. The zero-order valence-electron chi connectivity index (χ0n) is 17.0. The molecule has 0 aromatic carbocycles. The topological polar surface area (TPSA) is 96.7 Å². The largest absolute Gasteiger partial charge is 0.450 e. The molecule has 1 fully saturated rings. The maximum atomic E-state index is 11.8. The van der Waals surface area contributed by atoms with Gasteiger partial charge in [0.25, 0.3) is 0 Å². The van der Waals surface area contributed by atoms with Gasteiger partial charge in [0.2, 0.25) is 0 Å². The molecule has 0 radical (unpaired) electrons. The third-order valence-corrected chi connectivity index (χ3v) is 4.67. The molecule has 0 unspecified atom stereocenters. The summed E-state index contributed by atoms with van der Waals surface area (Å²) in [4.78, 5) is 22.7. The number of likely N-dealkylation sites (tertiary alicyclic amines) is 1. The van der Waals surface area contributed by atoms with E-state index < -0.39 is 0 Å². The van der Waals surface area contributed by atoms with Crippen molar-refractivity contribution in [2.45, 2.75) is 39.3 Å². The Hall–Kier alpha value is -3.10. The molecule has 1 saturated heterocycles. The Balaban J connectivity index is 1.57. The van der Waals surface area contributed by atoms with Crippen molar-refractivity contribution in [3.8, 4) is 5.82 Å². The van der Waals surface area contributed by atoms with Gasteiger partial charge in [0.1, 0.15) is 0 Å². The molecule has 29 heavy (non-hydrogen) atoms. The summed E-state index contributed by atoms with van der Waals surface area (Å²) in [5.41, 5.74) is 1.06. The van der Waals surface area contributed by atoms with Crippen molar-refractivity contribution in [2.75, 3.05) is 26.2 Å². The number of guanidine groups is 1. The van der Waals surface area contributed by atoms with Crippen LogP contribution < -0.4 is 10.6 Å². The Bertz CT molecular complexity index is 799. The van der Waals surface area contributed by atoms with E-state index in [1.54, 1.807) is 22.0 Å². The number of amides is 1. The van der Waals surface area contributed by atoms with Crippen molar-refractivity contribution in [3.05, 3.63) is 42.4 Å². The van der Waals surface area contributed by atoms with Gasteiger partial charge in [-0.3, -0.25) is 0 Å². The average Bonchev–Trinajstić information content (AvgIpc) is 3.28. The Labute approximate surface area is 171 Å². The molecule has 0 bridgehead atoms. The number of ether oxygens (including phenoxy) is 1. The van der Waals surface area contributed by atoms with E-state index in [9.17, 15) is 4.79 Å². The lowest BCUT2D eigenvalue weighted by atomic mass is 10.1. The minimum atomic E-state index is -0.225. The molecular weight excluding hydrogens is 370 g/mol. The lowest BCUT2D eigenvalue weighted by Gasteiger charge is -2.32. The molecule has 0 spiro atoms. The Morgan fingerprint density at radius 2 is 2.14 bits per heavy atom. The standard InChI is InChI=1S/C20H29N7O2/c1-3-21-19(25-17-7-12-26(13-8-17)20(28)29-4-2)23-15-16-6-10-22-18(14-16)27-11-5-9-24-27/h5-6,9-11,14,17H,3-4,7-8,12-13,15H2,1-2H3,(H2,21,23,25). The first-order chi connectivity index (χ1) is 14.2. The second-order valence-corrected chi connectivity index (χ2v) is 6.77. The highest BCUT2D eigenvalue weighted by molar-refractivity contribution is 5.80. The number of rotatable bonds is 6. The summed E-state index contributed by atoms with van der Waals surface area (Å²) in [6.45, 7) is 6.97. The Kier molecular flexibility index (Phi) is 7.43. The van der Waals surface area contributed by atoms with Crippen LogP contribution in [-0.2, 0) is 11.3 Å². The van der Waals surface area contributed by atoms with Crippen molar-refractivity contribution >= 4 is 12.1 Å². The molecule has 0 aliphatic carbocycles. The van der Waals surface area contributed by atoms with Crippen molar-refractivity contribution < 1.29 is 9.53 Å². The van der Waals surface area contributed by atoms with Crippen molar-refractivity contribution in [1.29, 1.82) is 0 Å². The molecular formula is C20H29N7O2. The Morgan fingerprint density at radius 1 is 1.31 bits per heavy atom. The van der Waals surface area contributed by atoms with E-state index in [-0.39, 0.29) is 12.1 Å². The quantitative estimate of drug-likeness (QED) is 0.569. The molecule has 9 heteroatoms. The number of carbonyl (C=O) groups is 1. The summed E-state index contributed by atoms with van der Waals surface area (Å²) in [6, 6.07) is 6.08. The number of carbonyl (C=O) groups excluding carboxylic acids is 1. The highest BCUT2D eigenvalue weighted by Gasteiger charge is 2.24. The van der Waals surface area contributed by atoms with E-state index in [0.717, 1.165) is 36.7 Å². The van der Waals surface area contributed by atoms with Crippen LogP contribution >= 0.6 is 0 Å². The summed E-state index contributed by atoms with van der Waals surface area (Å²) < 4.78 is 6.81.